The van der Waals surface area contributed by atoms with E-state index < -0.39 is 22.1 Å². The topological polar surface area (TPSA) is 107 Å². The molecule has 0 spiro atoms. The summed E-state index contributed by atoms with van der Waals surface area (Å²) in [5.74, 6) is -1.64. The summed E-state index contributed by atoms with van der Waals surface area (Å²) in [6.07, 6.45) is 0. The number of carbonyl (C=O) groups is 2. The third-order valence-corrected chi connectivity index (χ3v) is 14.1. The Morgan fingerprint density at radius 3 is 1.51 bits per heavy atom. The molecule has 0 aromatic heterocycles. The van der Waals surface area contributed by atoms with Crippen LogP contribution in [-0.4, -0.2) is 24.9 Å². The molecule has 17 heteroatoms. The van der Waals surface area contributed by atoms with Gasteiger partial charge in [0.05, 0.1) is 20.1 Å². The van der Waals surface area contributed by atoms with E-state index in [1.165, 1.54) is 12.1 Å². The van der Waals surface area contributed by atoms with Crippen LogP contribution >= 0.6 is 157 Å². The Bertz CT molecular complexity index is 1550. The molecule has 0 radical (unpaired) electrons. The molecule has 37 heavy (non-hydrogen) atoms. The van der Waals surface area contributed by atoms with E-state index in [0.29, 0.717) is 17.9 Å². The molecule has 3 aromatic rings. The number of carbonyl (C=O) groups excluding carboxylic acids is 2. The summed E-state index contributed by atoms with van der Waals surface area (Å²) in [6.45, 7) is 0. The van der Waals surface area contributed by atoms with Crippen molar-refractivity contribution < 1.29 is 32.0 Å². The first-order valence-corrected chi connectivity index (χ1v) is 18.1. The Balaban J connectivity index is 2.12. The minimum atomic E-state index is -4.49. The van der Waals surface area contributed by atoms with E-state index in [9.17, 15) is 22.6 Å². The fourth-order valence-electron chi connectivity index (χ4n) is 2.79. The maximum absolute atomic E-state index is 13.4. The number of rotatable bonds is 5. The summed E-state index contributed by atoms with van der Waals surface area (Å²) >= 11 is 26.9. The maximum Gasteiger partial charge on any atom is 0.345 e. The Hall–Kier alpha value is 1.33. The molecule has 0 saturated heterocycles. The molecule has 7 nitrogen and oxygen atoms in total. The maximum atomic E-state index is 13.4. The predicted molar refractivity (Wildman–Crippen MR) is 178 cm³/mol. The van der Waals surface area contributed by atoms with Gasteiger partial charge < -0.3 is 9.47 Å². The van der Waals surface area contributed by atoms with Gasteiger partial charge in [-0.25, -0.2) is 9.59 Å². The van der Waals surface area contributed by atoms with Gasteiger partial charge in [0, 0.05) is 29.5 Å². The Kier molecular flexibility index (Phi) is 11.6. The van der Waals surface area contributed by atoms with E-state index in [2.05, 4.69) is 112 Å². The van der Waals surface area contributed by atoms with Crippen molar-refractivity contribution in [2.45, 2.75) is 4.90 Å². The van der Waals surface area contributed by atoms with Gasteiger partial charge in [0.15, 0.2) is 5.75 Å². The minimum absolute atomic E-state index is 0.00835. The van der Waals surface area contributed by atoms with E-state index in [-0.39, 0.29) is 43.6 Å². The van der Waals surface area contributed by atoms with Gasteiger partial charge in [-0.2, -0.15) is 8.42 Å². The zero-order valence-corrected chi connectivity index (χ0v) is 33.2. The van der Waals surface area contributed by atoms with Crippen LogP contribution in [0, 0.1) is 7.14 Å². The van der Waals surface area contributed by atoms with E-state index in [1.807, 2.05) is 0 Å². The fourth-order valence-corrected chi connectivity index (χ4v) is 11.6. The molecular formula is C20H5Br7I2O7S. The second-order valence-corrected chi connectivity index (χ2v) is 16.2. The normalized spacial score (nSPS) is 11.4. The first kappa shape index (κ1) is 32.8. The Labute approximate surface area is 296 Å². The number of benzene rings is 3. The zero-order chi connectivity index (χ0) is 28.0. The molecule has 3 rings (SSSR count). The molecule has 0 aliphatic carbocycles. The van der Waals surface area contributed by atoms with Crippen molar-refractivity contribution >= 4 is 179 Å². The molecule has 0 fully saturated rings. The molecule has 0 heterocycles. The number of hydrogen-bond donors (Lipinski definition) is 1. The standard InChI is InChI=1S/C20H5Br7I2O7S/c21-5-1-7(22)17(8(23)2-5)36-20(31)12-11(13(24)15(26)16(27)14(12)25)19(30)35-6-3-9(28)18(10(29)4-6)37(32,33)34/h1-4H,(H,32,33,34). The second kappa shape index (κ2) is 13.1. The van der Waals surface area contributed by atoms with Crippen molar-refractivity contribution in [3.8, 4) is 11.5 Å². The number of halogens is 9. The van der Waals surface area contributed by atoms with Crippen molar-refractivity contribution in [3.63, 3.8) is 0 Å². The van der Waals surface area contributed by atoms with Gasteiger partial charge >= 0.3 is 11.9 Å². The van der Waals surface area contributed by atoms with Gasteiger partial charge in [0.1, 0.15) is 10.6 Å². The van der Waals surface area contributed by atoms with E-state index >= 15 is 0 Å². The van der Waals surface area contributed by atoms with E-state index in [1.54, 1.807) is 57.3 Å². The predicted octanol–water partition coefficient (Wildman–Crippen LogP) is 9.92. The molecule has 0 amide bonds. The summed E-state index contributed by atoms with van der Waals surface area (Å²) in [7, 11) is -4.49. The van der Waals surface area contributed by atoms with Crippen molar-refractivity contribution in [1.82, 2.24) is 0 Å². The summed E-state index contributed by atoms with van der Waals surface area (Å²) in [4.78, 5) is 26.5. The van der Waals surface area contributed by atoms with Crippen LogP contribution in [0.5, 0.6) is 11.5 Å². The van der Waals surface area contributed by atoms with Crippen LogP contribution in [0.4, 0.5) is 0 Å². The fraction of sp³-hybridized carbons (Fsp3) is 0. The van der Waals surface area contributed by atoms with Gasteiger partial charge in [-0.3, -0.25) is 4.55 Å². The van der Waals surface area contributed by atoms with Gasteiger partial charge in [0.2, 0.25) is 0 Å². The number of esters is 2. The smallest absolute Gasteiger partial charge is 0.345 e. The third kappa shape index (κ3) is 7.40. The van der Waals surface area contributed by atoms with Crippen LogP contribution in [0.25, 0.3) is 0 Å². The van der Waals surface area contributed by atoms with Crippen LogP contribution in [-0.2, 0) is 10.1 Å². The summed E-state index contributed by atoms with van der Waals surface area (Å²) < 4.78 is 47.2. The average Bonchev–Trinajstić information content (AvgIpc) is 2.75. The van der Waals surface area contributed by atoms with Crippen LogP contribution in [0.15, 0.2) is 60.5 Å². The first-order chi connectivity index (χ1) is 17.0. The summed E-state index contributed by atoms with van der Waals surface area (Å²) in [6, 6.07) is 5.91. The van der Waals surface area contributed by atoms with E-state index in [0.717, 1.165) is 4.47 Å². The summed E-state index contributed by atoms with van der Waals surface area (Å²) in [5.41, 5.74) is -0.312. The lowest BCUT2D eigenvalue weighted by Crippen LogP contribution is -2.20. The second-order valence-electron chi connectivity index (χ2n) is 6.67. The molecule has 0 atom stereocenters. The molecule has 0 aliphatic heterocycles. The minimum Gasteiger partial charge on any atom is -0.423 e. The average molecular weight is 1200 g/mol. The van der Waals surface area contributed by atoms with Gasteiger partial charge in [-0.05, 0) is 165 Å². The molecule has 0 saturated carbocycles. The highest BCUT2D eigenvalue weighted by molar-refractivity contribution is 14.1. The Morgan fingerprint density at radius 2 is 1.11 bits per heavy atom. The highest BCUT2D eigenvalue weighted by Crippen LogP contribution is 2.44. The zero-order valence-electron chi connectivity index (χ0n) is 17.0. The van der Waals surface area contributed by atoms with Crippen molar-refractivity contribution in [2.75, 3.05) is 0 Å². The van der Waals surface area contributed by atoms with E-state index in [4.69, 9.17) is 9.47 Å². The van der Waals surface area contributed by atoms with Crippen molar-refractivity contribution in [1.29, 1.82) is 0 Å². The van der Waals surface area contributed by atoms with Crippen molar-refractivity contribution in [3.05, 3.63) is 73.8 Å². The van der Waals surface area contributed by atoms with Crippen LogP contribution in [0.3, 0.4) is 0 Å². The lowest BCUT2D eigenvalue weighted by molar-refractivity contribution is 0.0688. The highest BCUT2D eigenvalue weighted by atomic mass is 127. The quantitative estimate of drug-likeness (QED) is 0.0678. The molecule has 196 valence electrons. The monoisotopic (exact) mass is 1200 g/mol. The third-order valence-electron chi connectivity index (χ3n) is 4.27. The number of hydrogen-bond acceptors (Lipinski definition) is 6. The molecule has 3 aromatic carbocycles. The molecule has 1 N–H and O–H groups in total. The number of ether oxygens (including phenoxy) is 2. The van der Waals surface area contributed by atoms with Gasteiger partial charge in [-0.1, -0.05) is 15.9 Å². The molecule has 0 aliphatic rings. The summed E-state index contributed by atoms with van der Waals surface area (Å²) in [5, 5.41) is 0. The highest BCUT2D eigenvalue weighted by Gasteiger charge is 2.32. The van der Waals surface area contributed by atoms with Crippen LogP contribution in [0.2, 0.25) is 0 Å². The van der Waals surface area contributed by atoms with Gasteiger partial charge in [0.25, 0.3) is 10.1 Å². The van der Waals surface area contributed by atoms with Crippen molar-refractivity contribution in [2.24, 2.45) is 0 Å². The molecular weight excluding hydrogens is 1200 g/mol. The van der Waals surface area contributed by atoms with Crippen LogP contribution < -0.4 is 9.47 Å². The molecule has 0 unspecified atom stereocenters. The first-order valence-electron chi connectivity index (χ1n) is 8.96. The largest absolute Gasteiger partial charge is 0.423 e. The lowest BCUT2D eigenvalue weighted by atomic mass is 10.1. The molecule has 0 bridgehead atoms. The Morgan fingerprint density at radius 1 is 0.703 bits per heavy atom. The lowest BCUT2D eigenvalue weighted by Gasteiger charge is -2.17. The van der Waals surface area contributed by atoms with Gasteiger partial charge in [-0.15, -0.1) is 0 Å². The van der Waals surface area contributed by atoms with Crippen LogP contribution in [0.1, 0.15) is 20.7 Å². The SMILES string of the molecule is O=C(Oc1cc(I)c(S(=O)(=O)O)c(I)c1)c1c(Br)c(Br)c(Br)c(Br)c1C(=O)Oc1c(Br)cc(Br)cc1Br.